The summed E-state index contributed by atoms with van der Waals surface area (Å²) in [5.74, 6) is 0.464. The number of aromatic nitrogens is 2. The van der Waals surface area contributed by atoms with Crippen LogP contribution in [0.2, 0.25) is 0 Å². The number of hydrogen-bond acceptors (Lipinski definition) is 5. The highest BCUT2D eigenvalue weighted by Gasteiger charge is 2.10. The molecule has 0 saturated heterocycles. The number of amides is 1. The van der Waals surface area contributed by atoms with Crippen LogP contribution in [0.3, 0.4) is 0 Å². The average Bonchev–Trinajstić information content (AvgIpc) is 2.98. The first kappa shape index (κ1) is 12.6. The van der Waals surface area contributed by atoms with E-state index in [-0.39, 0.29) is 7.33 Å². The van der Waals surface area contributed by atoms with Crippen molar-refractivity contribution in [1.82, 2.24) is 9.97 Å². The highest BCUT2D eigenvalue weighted by molar-refractivity contribution is 7.13. The zero-order chi connectivity index (χ0) is 13.9. The molecule has 0 spiro atoms. The van der Waals surface area contributed by atoms with Crippen molar-refractivity contribution in [1.29, 1.82) is 0 Å². The van der Waals surface area contributed by atoms with Crippen molar-refractivity contribution in [3.05, 3.63) is 47.6 Å². The molecule has 20 heavy (non-hydrogen) atoms. The maximum atomic E-state index is 12.1. The summed E-state index contributed by atoms with van der Waals surface area (Å²) in [6.45, 7) is 0. The minimum absolute atomic E-state index is 0. The molecule has 2 aromatic heterocycles. The number of carbonyl (C=O) groups excluding carboxylic acids is 1. The summed E-state index contributed by atoms with van der Waals surface area (Å²) in [5, 5.41) is 5.96. The molecule has 0 aliphatic heterocycles. The third-order valence-electron chi connectivity index (χ3n) is 2.81. The number of ether oxygens (including phenoxy) is 1. The zero-order valence-electron chi connectivity index (χ0n) is 10.7. The second kappa shape index (κ2) is 5.26. The van der Waals surface area contributed by atoms with Crippen molar-refractivity contribution in [3.8, 4) is 5.75 Å². The molecule has 0 saturated carbocycles. The summed E-state index contributed by atoms with van der Waals surface area (Å²) >= 11 is 1.37. The van der Waals surface area contributed by atoms with Gasteiger partial charge in [-0.05, 0) is 12.1 Å². The molecule has 2 heterocycles. The maximum absolute atomic E-state index is 12.1. The lowest BCUT2D eigenvalue weighted by atomic mass is 10.1. The van der Waals surface area contributed by atoms with E-state index in [0.29, 0.717) is 16.4 Å². The van der Waals surface area contributed by atoms with Crippen LogP contribution < -0.4 is 10.1 Å². The molecule has 0 aliphatic rings. The van der Waals surface area contributed by atoms with Gasteiger partial charge in [-0.3, -0.25) is 15.1 Å². The van der Waals surface area contributed by atoms with Gasteiger partial charge in [0.15, 0.2) is 5.13 Å². The molecule has 102 valence electrons. The van der Waals surface area contributed by atoms with E-state index in [1.54, 1.807) is 24.8 Å². The van der Waals surface area contributed by atoms with Crippen LogP contribution in [0, 0.1) is 0 Å². The van der Waals surface area contributed by atoms with Gasteiger partial charge in [0, 0.05) is 24.6 Å². The van der Waals surface area contributed by atoms with Crippen molar-refractivity contribution in [2.24, 2.45) is 0 Å². The number of para-hydroxylation sites is 1. The quantitative estimate of drug-likeness (QED) is 0.803. The predicted molar refractivity (Wildman–Crippen MR) is 80.5 cm³/mol. The van der Waals surface area contributed by atoms with E-state index >= 15 is 0 Å². The van der Waals surface area contributed by atoms with Crippen molar-refractivity contribution >= 4 is 33.3 Å². The number of carbonyl (C=O) groups is 1. The Morgan fingerprint density at radius 3 is 3.05 bits per heavy atom. The first-order chi connectivity index (χ1) is 9.78. The summed E-state index contributed by atoms with van der Waals surface area (Å²) in [7, 11) is 1.60. The molecule has 1 N–H and O–H groups in total. The van der Waals surface area contributed by atoms with Crippen LogP contribution in [0.5, 0.6) is 5.75 Å². The first-order valence-electron chi connectivity index (χ1n) is 5.91. The Bertz CT molecular complexity index is 762. The summed E-state index contributed by atoms with van der Waals surface area (Å²) in [6.07, 6.45) is 3.18. The number of nitrogens with one attached hydrogen (secondary N) is 1. The van der Waals surface area contributed by atoms with E-state index in [0.717, 1.165) is 10.9 Å². The van der Waals surface area contributed by atoms with Crippen molar-refractivity contribution in [2.75, 3.05) is 12.4 Å². The van der Waals surface area contributed by atoms with Crippen LogP contribution in [0.4, 0.5) is 5.13 Å². The van der Waals surface area contributed by atoms with E-state index in [1.807, 2.05) is 18.2 Å². The third kappa shape index (κ3) is 2.33. The molecule has 1 aromatic carbocycles. The number of pyridine rings is 1. The fourth-order valence-electron chi connectivity index (χ4n) is 1.88. The normalized spacial score (nSPS) is 10.4. The number of methoxy groups -OCH3 is 1. The number of thiazole rings is 1. The summed E-state index contributed by atoms with van der Waals surface area (Å²) in [5.41, 5.74) is 1.22. The van der Waals surface area contributed by atoms with Gasteiger partial charge in [-0.15, -0.1) is 11.3 Å². The van der Waals surface area contributed by atoms with Gasteiger partial charge in [-0.25, -0.2) is 4.98 Å². The van der Waals surface area contributed by atoms with Crippen LogP contribution in [0.15, 0.2) is 42.0 Å². The standard InChI is InChI=1S/C14H11N3O2S.H2/c1-19-11-4-2-3-9-7-10(8-16-12(9)11)13(18)17-14-15-5-6-20-14;/h2-8H,1H3,(H,15,17,18);1H. The largest absolute Gasteiger partial charge is 0.494 e. The molecular formula is C14H13N3O2S. The van der Waals surface area contributed by atoms with Crippen LogP contribution in [-0.2, 0) is 0 Å². The van der Waals surface area contributed by atoms with Crippen LogP contribution in [0.25, 0.3) is 10.9 Å². The number of fused-ring (bicyclic) bond motifs is 1. The SMILES string of the molecule is COc1cccc2cc(C(=O)Nc3nccs3)cnc12.[HH]. The van der Waals surface area contributed by atoms with Crippen molar-refractivity contribution < 1.29 is 11.0 Å². The monoisotopic (exact) mass is 287 g/mol. The van der Waals surface area contributed by atoms with Crippen LogP contribution >= 0.6 is 11.3 Å². The lowest BCUT2D eigenvalue weighted by Gasteiger charge is -2.06. The van der Waals surface area contributed by atoms with Crippen molar-refractivity contribution in [3.63, 3.8) is 0 Å². The number of hydrogen-bond donors (Lipinski definition) is 1. The van der Waals surface area contributed by atoms with Gasteiger partial charge in [-0.2, -0.15) is 0 Å². The zero-order valence-corrected chi connectivity index (χ0v) is 11.5. The topological polar surface area (TPSA) is 64.1 Å². The second-order valence-corrected chi connectivity index (χ2v) is 4.94. The Hall–Kier alpha value is -2.47. The molecule has 0 bridgehead atoms. The summed E-state index contributed by atoms with van der Waals surface area (Å²) in [4.78, 5) is 20.4. The summed E-state index contributed by atoms with van der Waals surface area (Å²) in [6, 6.07) is 7.38. The Morgan fingerprint density at radius 1 is 1.40 bits per heavy atom. The molecule has 0 radical (unpaired) electrons. The Kier molecular flexibility index (Phi) is 3.30. The second-order valence-electron chi connectivity index (χ2n) is 4.05. The minimum Gasteiger partial charge on any atom is -0.494 e. The van der Waals surface area contributed by atoms with Crippen LogP contribution in [0.1, 0.15) is 11.8 Å². The Balaban J connectivity index is 0.00000161. The van der Waals surface area contributed by atoms with E-state index in [9.17, 15) is 4.79 Å². The van der Waals surface area contributed by atoms with E-state index in [4.69, 9.17) is 4.74 Å². The highest BCUT2D eigenvalue weighted by Crippen LogP contribution is 2.24. The molecular weight excluding hydrogens is 274 g/mol. The number of nitrogens with zero attached hydrogens (tertiary/aromatic N) is 2. The maximum Gasteiger partial charge on any atom is 0.259 e. The van der Waals surface area contributed by atoms with Gasteiger partial charge in [0.25, 0.3) is 5.91 Å². The Morgan fingerprint density at radius 2 is 2.30 bits per heavy atom. The van der Waals surface area contributed by atoms with Gasteiger partial charge < -0.3 is 4.74 Å². The molecule has 0 unspecified atom stereocenters. The molecule has 0 atom stereocenters. The first-order valence-corrected chi connectivity index (χ1v) is 6.79. The van der Waals surface area contributed by atoms with E-state index in [2.05, 4.69) is 15.3 Å². The number of rotatable bonds is 3. The van der Waals surface area contributed by atoms with Gasteiger partial charge in [0.2, 0.25) is 0 Å². The lowest BCUT2D eigenvalue weighted by Crippen LogP contribution is -2.11. The molecule has 5 nitrogen and oxygen atoms in total. The highest BCUT2D eigenvalue weighted by atomic mass is 32.1. The van der Waals surface area contributed by atoms with E-state index in [1.165, 1.54) is 17.5 Å². The number of anilines is 1. The molecule has 1 amide bonds. The average molecular weight is 287 g/mol. The fourth-order valence-corrected chi connectivity index (χ4v) is 2.40. The molecule has 0 fully saturated rings. The summed E-state index contributed by atoms with van der Waals surface area (Å²) < 4.78 is 5.24. The van der Waals surface area contributed by atoms with Gasteiger partial charge in [0.05, 0.1) is 12.7 Å². The molecule has 3 rings (SSSR count). The smallest absolute Gasteiger partial charge is 0.259 e. The lowest BCUT2D eigenvalue weighted by molar-refractivity contribution is 0.102. The van der Waals surface area contributed by atoms with Gasteiger partial charge in [-0.1, -0.05) is 12.1 Å². The number of benzene rings is 1. The van der Waals surface area contributed by atoms with Gasteiger partial charge in [0.1, 0.15) is 11.3 Å². The molecule has 0 aliphatic carbocycles. The van der Waals surface area contributed by atoms with Crippen molar-refractivity contribution in [2.45, 2.75) is 0 Å². The van der Waals surface area contributed by atoms with Crippen LogP contribution in [-0.4, -0.2) is 23.0 Å². The van der Waals surface area contributed by atoms with E-state index < -0.39 is 0 Å². The molecule has 3 aromatic rings. The minimum atomic E-state index is -0.225. The Labute approximate surface area is 120 Å². The van der Waals surface area contributed by atoms with Gasteiger partial charge >= 0.3 is 0 Å². The molecule has 6 heteroatoms. The predicted octanol–water partition coefficient (Wildman–Crippen LogP) is 3.20. The fraction of sp³-hybridized carbons (Fsp3) is 0.0714. The third-order valence-corrected chi connectivity index (χ3v) is 3.50.